The fraction of sp³-hybridized carbons (Fsp3) is 0.476. The fourth-order valence-electron chi connectivity index (χ4n) is 3.65. The summed E-state index contributed by atoms with van der Waals surface area (Å²) in [4.78, 5) is 35.4. The number of hydrogen-bond donors (Lipinski definition) is 0. The average molecular weight is 383 g/mol. The molecule has 1 saturated heterocycles. The number of nitrogens with zero attached hydrogens (tertiary/aromatic N) is 5. The van der Waals surface area contributed by atoms with Crippen LogP contribution in [0.5, 0.6) is 0 Å². The van der Waals surface area contributed by atoms with Crippen molar-refractivity contribution in [1.29, 1.82) is 0 Å². The number of carbonyl (C=O) groups excluding carboxylic acids is 2. The summed E-state index contributed by atoms with van der Waals surface area (Å²) in [5, 5.41) is 0. The van der Waals surface area contributed by atoms with Gasteiger partial charge in [0.2, 0.25) is 5.91 Å². The van der Waals surface area contributed by atoms with Crippen molar-refractivity contribution >= 4 is 11.8 Å². The molecule has 2 aromatic rings. The minimum atomic E-state index is 0.00853. The number of likely N-dealkylation sites (tertiary alicyclic amines) is 1. The summed E-state index contributed by atoms with van der Waals surface area (Å²) < 4.78 is 1.91. The molecule has 1 aromatic heterocycles. The number of imidazole rings is 1. The molecule has 0 bridgehead atoms. The third kappa shape index (κ3) is 4.42. The lowest BCUT2D eigenvalue weighted by molar-refractivity contribution is -0.134. The molecule has 0 N–H and O–H groups in total. The molecule has 0 unspecified atom stereocenters. The van der Waals surface area contributed by atoms with E-state index in [0.29, 0.717) is 31.5 Å². The van der Waals surface area contributed by atoms with Gasteiger partial charge in [-0.25, -0.2) is 4.98 Å². The summed E-state index contributed by atoms with van der Waals surface area (Å²) >= 11 is 0. The Balaban J connectivity index is 1.75. The van der Waals surface area contributed by atoms with Gasteiger partial charge in [-0.1, -0.05) is 12.1 Å². The van der Waals surface area contributed by atoms with Crippen LogP contribution in [-0.2, 0) is 11.3 Å². The number of benzene rings is 1. The van der Waals surface area contributed by atoms with E-state index in [2.05, 4.69) is 9.88 Å². The van der Waals surface area contributed by atoms with E-state index in [-0.39, 0.29) is 17.7 Å². The van der Waals surface area contributed by atoms with Gasteiger partial charge >= 0.3 is 0 Å². The molecule has 0 aliphatic carbocycles. The third-order valence-corrected chi connectivity index (χ3v) is 5.10. The molecule has 7 heteroatoms. The summed E-state index contributed by atoms with van der Waals surface area (Å²) in [6, 6.07) is 7.62. The van der Waals surface area contributed by atoms with E-state index in [4.69, 9.17) is 0 Å². The van der Waals surface area contributed by atoms with Crippen LogP contribution in [0.1, 0.15) is 28.9 Å². The maximum Gasteiger partial charge on any atom is 0.255 e. The number of piperidine rings is 1. The van der Waals surface area contributed by atoms with E-state index in [9.17, 15) is 9.59 Å². The summed E-state index contributed by atoms with van der Waals surface area (Å²) in [6.07, 6.45) is 5.15. The van der Waals surface area contributed by atoms with E-state index in [0.717, 1.165) is 17.9 Å². The van der Waals surface area contributed by atoms with E-state index in [1.807, 2.05) is 54.0 Å². The van der Waals surface area contributed by atoms with Gasteiger partial charge in [0, 0.05) is 45.8 Å². The Hall–Kier alpha value is -2.67. The number of aromatic nitrogens is 2. The number of hydrogen-bond acceptors (Lipinski definition) is 4. The molecule has 2 heterocycles. The highest BCUT2D eigenvalue weighted by Crippen LogP contribution is 2.23. The molecule has 1 aromatic carbocycles. The lowest BCUT2D eigenvalue weighted by Crippen LogP contribution is -2.43. The zero-order chi connectivity index (χ0) is 20.3. The Morgan fingerprint density at radius 2 is 1.79 bits per heavy atom. The van der Waals surface area contributed by atoms with Gasteiger partial charge in [0.05, 0.1) is 23.3 Å². The first-order valence-electron chi connectivity index (χ1n) is 9.64. The van der Waals surface area contributed by atoms with Gasteiger partial charge < -0.3 is 19.3 Å². The molecule has 0 saturated carbocycles. The molecule has 0 spiro atoms. The van der Waals surface area contributed by atoms with Crippen LogP contribution in [0.15, 0.2) is 36.8 Å². The van der Waals surface area contributed by atoms with Gasteiger partial charge in [-0.3, -0.25) is 9.59 Å². The minimum Gasteiger partial charge on any atom is -0.349 e. The number of carbonyl (C=O) groups is 2. The first kappa shape index (κ1) is 20.1. The molecule has 1 fully saturated rings. The largest absolute Gasteiger partial charge is 0.349 e. The SMILES string of the molecule is CN(C)Cc1cn(-c2ccccc2C(=O)N2CCC(C(=O)N(C)C)CC2)cn1. The molecule has 0 atom stereocenters. The van der Waals surface area contributed by atoms with Crippen molar-refractivity contribution in [1.82, 2.24) is 24.3 Å². The standard InChI is InChI=1S/C21H29N5O2/c1-23(2)13-17-14-26(15-22-17)19-8-6-5-7-18(19)21(28)25-11-9-16(10-12-25)20(27)24(3)4/h5-8,14-16H,9-13H2,1-4H3. The quantitative estimate of drug-likeness (QED) is 0.791. The lowest BCUT2D eigenvalue weighted by Gasteiger charge is -2.32. The maximum absolute atomic E-state index is 13.2. The highest BCUT2D eigenvalue weighted by molar-refractivity contribution is 5.98. The first-order chi connectivity index (χ1) is 13.4. The van der Waals surface area contributed by atoms with Gasteiger partial charge in [0.1, 0.15) is 0 Å². The first-order valence-corrected chi connectivity index (χ1v) is 9.64. The van der Waals surface area contributed by atoms with E-state index in [1.54, 1.807) is 25.3 Å². The van der Waals surface area contributed by atoms with Crippen molar-refractivity contribution in [2.75, 3.05) is 41.3 Å². The molecule has 7 nitrogen and oxygen atoms in total. The van der Waals surface area contributed by atoms with Gasteiger partial charge in [-0.15, -0.1) is 0 Å². The van der Waals surface area contributed by atoms with Crippen LogP contribution in [0.3, 0.4) is 0 Å². The highest BCUT2D eigenvalue weighted by Gasteiger charge is 2.29. The Labute approximate surface area is 166 Å². The molecule has 1 aliphatic heterocycles. The molecular formula is C21H29N5O2. The summed E-state index contributed by atoms with van der Waals surface area (Å²) in [7, 11) is 7.57. The van der Waals surface area contributed by atoms with E-state index in [1.165, 1.54) is 0 Å². The fourth-order valence-corrected chi connectivity index (χ4v) is 3.65. The van der Waals surface area contributed by atoms with Crippen LogP contribution in [0.4, 0.5) is 0 Å². The topological polar surface area (TPSA) is 61.7 Å². The van der Waals surface area contributed by atoms with Crippen molar-refractivity contribution in [2.45, 2.75) is 19.4 Å². The van der Waals surface area contributed by atoms with Gasteiger partial charge in [0.25, 0.3) is 5.91 Å². The zero-order valence-corrected chi connectivity index (χ0v) is 17.1. The average Bonchev–Trinajstić information content (AvgIpc) is 3.14. The van der Waals surface area contributed by atoms with Gasteiger partial charge in [0.15, 0.2) is 0 Å². The Morgan fingerprint density at radius 3 is 2.43 bits per heavy atom. The minimum absolute atomic E-state index is 0.00853. The predicted molar refractivity (Wildman–Crippen MR) is 108 cm³/mol. The molecule has 2 amide bonds. The van der Waals surface area contributed by atoms with Crippen molar-refractivity contribution in [3.05, 3.63) is 48.0 Å². The maximum atomic E-state index is 13.2. The second-order valence-corrected chi connectivity index (χ2v) is 7.83. The number of para-hydroxylation sites is 1. The van der Waals surface area contributed by atoms with E-state index < -0.39 is 0 Å². The Kier molecular flexibility index (Phi) is 6.14. The molecule has 0 radical (unpaired) electrons. The van der Waals surface area contributed by atoms with Crippen LogP contribution in [-0.4, -0.2) is 77.3 Å². The predicted octanol–water partition coefficient (Wildman–Crippen LogP) is 1.87. The van der Waals surface area contributed by atoms with Crippen LogP contribution in [0.25, 0.3) is 5.69 Å². The Bertz CT molecular complexity index is 835. The molecular weight excluding hydrogens is 354 g/mol. The zero-order valence-electron chi connectivity index (χ0n) is 17.1. The van der Waals surface area contributed by atoms with Gasteiger partial charge in [-0.2, -0.15) is 0 Å². The van der Waals surface area contributed by atoms with Gasteiger partial charge in [-0.05, 0) is 39.1 Å². The van der Waals surface area contributed by atoms with Crippen LogP contribution < -0.4 is 0 Å². The van der Waals surface area contributed by atoms with Crippen molar-refractivity contribution in [3.63, 3.8) is 0 Å². The normalized spacial score (nSPS) is 15.1. The smallest absolute Gasteiger partial charge is 0.255 e. The molecule has 150 valence electrons. The lowest BCUT2D eigenvalue weighted by atomic mass is 9.95. The van der Waals surface area contributed by atoms with Crippen LogP contribution in [0, 0.1) is 5.92 Å². The van der Waals surface area contributed by atoms with E-state index >= 15 is 0 Å². The summed E-state index contributed by atoms with van der Waals surface area (Å²) in [5.41, 5.74) is 2.44. The second-order valence-electron chi connectivity index (χ2n) is 7.83. The molecule has 28 heavy (non-hydrogen) atoms. The van der Waals surface area contributed by atoms with Crippen molar-refractivity contribution < 1.29 is 9.59 Å². The monoisotopic (exact) mass is 383 g/mol. The summed E-state index contributed by atoms with van der Waals surface area (Å²) in [5.74, 6) is 0.171. The second kappa shape index (κ2) is 8.56. The number of rotatable bonds is 5. The van der Waals surface area contributed by atoms with Crippen LogP contribution in [0.2, 0.25) is 0 Å². The summed E-state index contributed by atoms with van der Waals surface area (Å²) in [6.45, 7) is 1.96. The van der Waals surface area contributed by atoms with Crippen molar-refractivity contribution in [3.8, 4) is 5.69 Å². The molecule has 3 rings (SSSR count). The van der Waals surface area contributed by atoms with Crippen molar-refractivity contribution in [2.24, 2.45) is 5.92 Å². The highest BCUT2D eigenvalue weighted by atomic mass is 16.2. The Morgan fingerprint density at radius 1 is 1.11 bits per heavy atom. The third-order valence-electron chi connectivity index (χ3n) is 5.10. The number of amides is 2. The molecule has 1 aliphatic rings. The van der Waals surface area contributed by atoms with Crippen LogP contribution >= 0.6 is 0 Å².